The first-order chi connectivity index (χ1) is 12.6. The molecule has 2 bridgehead atoms. The lowest BCUT2D eigenvalue weighted by Gasteiger charge is -2.27. The van der Waals surface area contributed by atoms with Crippen LogP contribution >= 0.6 is 11.8 Å². The van der Waals surface area contributed by atoms with Crippen LogP contribution in [0.2, 0.25) is 0 Å². The van der Waals surface area contributed by atoms with Gasteiger partial charge in [-0.25, -0.2) is 0 Å². The summed E-state index contributed by atoms with van der Waals surface area (Å²) < 4.78 is 0. The molecular formula is C21H21NO3S. The Morgan fingerprint density at radius 1 is 0.923 bits per heavy atom. The second kappa shape index (κ2) is 7.16. The van der Waals surface area contributed by atoms with Gasteiger partial charge in [0.1, 0.15) is 0 Å². The topological polar surface area (TPSA) is 66.4 Å². The molecule has 2 N–H and O–H groups in total. The average Bonchev–Trinajstić information content (AvgIpc) is 3.25. The summed E-state index contributed by atoms with van der Waals surface area (Å²) in [5.74, 6) is -1.57. The highest BCUT2D eigenvalue weighted by Gasteiger charge is 2.54. The van der Waals surface area contributed by atoms with Gasteiger partial charge in [0.15, 0.2) is 0 Å². The number of para-hydroxylation sites is 1. The number of hydrogen-bond acceptors (Lipinski definition) is 3. The molecule has 0 aliphatic heterocycles. The number of carbonyl (C=O) groups is 2. The van der Waals surface area contributed by atoms with Gasteiger partial charge in [0, 0.05) is 9.79 Å². The molecule has 0 heterocycles. The van der Waals surface area contributed by atoms with Gasteiger partial charge in [-0.15, -0.1) is 0 Å². The molecule has 4 rings (SSSR count). The van der Waals surface area contributed by atoms with Gasteiger partial charge in [-0.2, -0.15) is 0 Å². The molecule has 2 saturated carbocycles. The highest BCUT2D eigenvalue weighted by atomic mass is 32.2. The standard InChI is InChI=1S/C21H21NO3S/c23-20(18-13-10-11-14(12-13)19(18)21(24)25)22-16-8-4-5-9-17(16)26-15-6-2-1-3-7-15/h1-9,13-14,18-19H,10-12H2,(H,22,23)(H,24,25)/t13-,14-,18-,19+/m0/s1. The van der Waals surface area contributed by atoms with Crippen LogP contribution in [0.3, 0.4) is 0 Å². The van der Waals surface area contributed by atoms with E-state index in [1.54, 1.807) is 11.8 Å². The summed E-state index contributed by atoms with van der Waals surface area (Å²) in [6.07, 6.45) is 2.77. The van der Waals surface area contributed by atoms with E-state index in [0.717, 1.165) is 34.7 Å². The Balaban J connectivity index is 1.54. The minimum atomic E-state index is -0.829. The number of amides is 1. The van der Waals surface area contributed by atoms with Crippen molar-refractivity contribution >= 4 is 29.3 Å². The Kier molecular flexibility index (Phi) is 4.72. The maximum Gasteiger partial charge on any atom is 0.307 e. The number of aliphatic carboxylic acids is 1. The minimum Gasteiger partial charge on any atom is -0.481 e. The van der Waals surface area contributed by atoms with Crippen LogP contribution in [0.1, 0.15) is 19.3 Å². The van der Waals surface area contributed by atoms with E-state index in [4.69, 9.17) is 0 Å². The van der Waals surface area contributed by atoms with Crippen LogP contribution < -0.4 is 5.32 Å². The lowest BCUT2D eigenvalue weighted by molar-refractivity contribution is -0.148. The van der Waals surface area contributed by atoms with E-state index in [2.05, 4.69) is 5.32 Å². The quantitative estimate of drug-likeness (QED) is 0.815. The molecule has 0 unspecified atom stereocenters. The number of carbonyl (C=O) groups excluding carboxylic acids is 1. The van der Waals surface area contributed by atoms with Gasteiger partial charge in [0.25, 0.3) is 0 Å². The molecule has 4 nitrogen and oxygen atoms in total. The maximum absolute atomic E-state index is 12.9. The van der Waals surface area contributed by atoms with Crippen molar-refractivity contribution in [3.05, 3.63) is 54.6 Å². The second-order valence-electron chi connectivity index (χ2n) is 7.12. The molecule has 2 aliphatic carbocycles. The average molecular weight is 367 g/mol. The summed E-state index contributed by atoms with van der Waals surface area (Å²) >= 11 is 1.59. The van der Waals surface area contributed by atoms with E-state index in [1.165, 1.54) is 0 Å². The van der Waals surface area contributed by atoms with Gasteiger partial charge in [-0.3, -0.25) is 9.59 Å². The first-order valence-electron chi connectivity index (χ1n) is 8.99. The number of carboxylic acids is 1. The number of rotatable bonds is 5. The van der Waals surface area contributed by atoms with Gasteiger partial charge in [0.2, 0.25) is 5.91 Å². The fourth-order valence-corrected chi connectivity index (χ4v) is 5.44. The van der Waals surface area contributed by atoms with Crippen molar-refractivity contribution in [2.24, 2.45) is 23.7 Å². The summed E-state index contributed by atoms with van der Waals surface area (Å²) in [7, 11) is 0. The normalized spacial score (nSPS) is 26.6. The smallest absolute Gasteiger partial charge is 0.307 e. The molecule has 2 aromatic carbocycles. The molecule has 5 heteroatoms. The highest BCUT2D eigenvalue weighted by Crippen LogP contribution is 2.52. The molecule has 0 saturated heterocycles. The molecule has 1 amide bonds. The predicted octanol–water partition coefficient (Wildman–Crippen LogP) is 4.52. The van der Waals surface area contributed by atoms with Crippen molar-refractivity contribution in [1.29, 1.82) is 0 Å². The lowest BCUT2D eigenvalue weighted by Crippen LogP contribution is -2.37. The van der Waals surface area contributed by atoms with Crippen molar-refractivity contribution in [2.75, 3.05) is 5.32 Å². The summed E-state index contributed by atoms with van der Waals surface area (Å²) in [6, 6.07) is 17.7. The molecule has 2 aromatic rings. The van der Waals surface area contributed by atoms with Crippen molar-refractivity contribution < 1.29 is 14.7 Å². The van der Waals surface area contributed by atoms with Gasteiger partial charge in [-0.1, -0.05) is 42.1 Å². The van der Waals surface area contributed by atoms with E-state index in [9.17, 15) is 14.7 Å². The molecule has 0 aromatic heterocycles. The lowest BCUT2D eigenvalue weighted by atomic mass is 9.78. The fraction of sp³-hybridized carbons (Fsp3) is 0.333. The fourth-order valence-electron chi connectivity index (χ4n) is 4.51. The van der Waals surface area contributed by atoms with E-state index in [1.807, 2.05) is 54.6 Å². The van der Waals surface area contributed by atoms with Crippen molar-refractivity contribution in [2.45, 2.75) is 29.1 Å². The minimum absolute atomic E-state index is 0.147. The van der Waals surface area contributed by atoms with Crippen molar-refractivity contribution in [3.8, 4) is 0 Å². The zero-order chi connectivity index (χ0) is 18.1. The maximum atomic E-state index is 12.9. The highest BCUT2D eigenvalue weighted by molar-refractivity contribution is 7.99. The molecular weight excluding hydrogens is 346 g/mol. The first kappa shape index (κ1) is 17.2. The predicted molar refractivity (Wildman–Crippen MR) is 101 cm³/mol. The van der Waals surface area contributed by atoms with Crippen LogP contribution in [0.25, 0.3) is 0 Å². The zero-order valence-electron chi connectivity index (χ0n) is 14.3. The number of carboxylic acid groups (broad SMARTS) is 1. The monoisotopic (exact) mass is 367 g/mol. The van der Waals surface area contributed by atoms with Crippen molar-refractivity contribution in [3.63, 3.8) is 0 Å². The summed E-state index contributed by atoms with van der Waals surface area (Å²) in [6.45, 7) is 0. The van der Waals surface area contributed by atoms with E-state index >= 15 is 0 Å². The summed E-state index contributed by atoms with van der Waals surface area (Å²) in [4.78, 5) is 26.7. The summed E-state index contributed by atoms with van der Waals surface area (Å²) in [5.41, 5.74) is 0.748. The second-order valence-corrected chi connectivity index (χ2v) is 8.24. The van der Waals surface area contributed by atoms with Crippen LogP contribution in [0.15, 0.2) is 64.4 Å². The Labute approximate surface area is 157 Å². The molecule has 2 aliphatic rings. The Bertz CT molecular complexity index is 823. The molecule has 0 radical (unpaired) electrons. The van der Waals surface area contributed by atoms with Crippen LogP contribution in [0, 0.1) is 23.7 Å². The number of fused-ring (bicyclic) bond motifs is 2. The molecule has 4 atom stereocenters. The first-order valence-corrected chi connectivity index (χ1v) is 9.80. The summed E-state index contributed by atoms with van der Waals surface area (Å²) in [5, 5.41) is 12.6. The molecule has 0 spiro atoms. The zero-order valence-corrected chi connectivity index (χ0v) is 15.1. The van der Waals surface area contributed by atoms with Crippen LogP contribution in [-0.4, -0.2) is 17.0 Å². The number of hydrogen-bond donors (Lipinski definition) is 2. The van der Waals surface area contributed by atoms with Crippen LogP contribution in [0.4, 0.5) is 5.69 Å². The van der Waals surface area contributed by atoms with Gasteiger partial charge in [-0.05, 0) is 55.4 Å². The number of anilines is 1. The third-order valence-electron chi connectivity index (χ3n) is 5.62. The van der Waals surface area contributed by atoms with Crippen LogP contribution in [-0.2, 0) is 9.59 Å². The molecule has 2 fully saturated rings. The molecule has 26 heavy (non-hydrogen) atoms. The van der Waals surface area contributed by atoms with E-state index < -0.39 is 17.8 Å². The number of nitrogens with one attached hydrogen (secondary N) is 1. The van der Waals surface area contributed by atoms with Crippen LogP contribution in [0.5, 0.6) is 0 Å². The van der Waals surface area contributed by atoms with Gasteiger partial charge < -0.3 is 10.4 Å². The van der Waals surface area contributed by atoms with Gasteiger partial charge in [0.05, 0.1) is 17.5 Å². The Hall–Kier alpha value is -2.27. The van der Waals surface area contributed by atoms with Crippen molar-refractivity contribution in [1.82, 2.24) is 0 Å². The van der Waals surface area contributed by atoms with Gasteiger partial charge >= 0.3 is 5.97 Å². The number of benzene rings is 2. The Morgan fingerprint density at radius 3 is 2.31 bits per heavy atom. The SMILES string of the molecule is O=C(O)[C@@H]1[C@H]2CC[C@@H](C2)[C@@H]1C(=O)Nc1ccccc1Sc1ccccc1. The van der Waals surface area contributed by atoms with E-state index in [0.29, 0.717) is 0 Å². The van der Waals surface area contributed by atoms with E-state index in [-0.39, 0.29) is 17.7 Å². The molecule has 134 valence electrons. The largest absolute Gasteiger partial charge is 0.481 e. The third-order valence-corrected chi connectivity index (χ3v) is 6.70. The third kappa shape index (κ3) is 3.23. The Morgan fingerprint density at radius 2 is 1.58 bits per heavy atom.